The number of amides is 1. The Hall–Kier alpha value is -0.460. The van der Waals surface area contributed by atoms with Crippen LogP contribution in [0, 0.1) is 0 Å². The molecule has 0 saturated carbocycles. The highest BCUT2D eigenvalue weighted by Crippen LogP contribution is 2.29. The summed E-state index contributed by atoms with van der Waals surface area (Å²) in [6.07, 6.45) is 2.18. The smallest absolute Gasteiger partial charge is 0.228 e. The van der Waals surface area contributed by atoms with Crippen LogP contribution in [0.3, 0.4) is 0 Å². The van der Waals surface area contributed by atoms with Gasteiger partial charge < -0.3 is 16.0 Å². The third-order valence-corrected chi connectivity index (χ3v) is 4.14. The van der Waals surface area contributed by atoms with Crippen LogP contribution in [-0.2, 0) is 4.79 Å². The molecular weight excluding hydrogens is 412 g/mol. The second-order valence-corrected chi connectivity index (χ2v) is 8.32. The number of nitrogens with one attached hydrogen (secondary N) is 3. The van der Waals surface area contributed by atoms with Gasteiger partial charge in [0.25, 0.3) is 0 Å². The average Bonchev–Trinajstić information content (AvgIpc) is 2.48. The number of alkyl halides is 3. The van der Waals surface area contributed by atoms with E-state index in [0.717, 1.165) is 19.3 Å². The Bertz CT molecular complexity index is 549. The molecule has 0 heterocycles. The Balaban J connectivity index is 2.60. The van der Waals surface area contributed by atoms with Crippen LogP contribution in [-0.4, -0.2) is 21.0 Å². The van der Waals surface area contributed by atoms with Crippen LogP contribution >= 0.6 is 58.6 Å². The molecule has 9 heteroatoms. The molecule has 134 valence electrons. The van der Waals surface area contributed by atoms with E-state index in [0.29, 0.717) is 17.1 Å². The molecule has 0 saturated heterocycles. The van der Waals surface area contributed by atoms with Gasteiger partial charge >= 0.3 is 0 Å². The van der Waals surface area contributed by atoms with Gasteiger partial charge in [-0.2, -0.15) is 0 Å². The maximum atomic E-state index is 11.9. The van der Waals surface area contributed by atoms with Crippen molar-refractivity contribution < 1.29 is 4.79 Å². The van der Waals surface area contributed by atoms with Crippen LogP contribution in [0.1, 0.15) is 32.6 Å². The van der Waals surface area contributed by atoms with Gasteiger partial charge in [0, 0.05) is 17.1 Å². The number of anilines is 1. The highest BCUT2D eigenvalue weighted by Gasteiger charge is 2.34. The van der Waals surface area contributed by atoms with Crippen LogP contribution < -0.4 is 16.0 Å². The lowest BCUT2D eigenvalue weighted by molar-refractivity contribution is -0.122. The van der Waals surface area contributed by atoms with Crippen molar-refractivity contribution in [3.05, 3.63) is 29.3 Å². The van der Waals surface area contributed by atoms with Gasteiger partial charge in [0.05, 0.1) is 0 Å². The van der Waals surface area contributed by atoms with Gasteiger partial charge in [-0.15, -0.1) is 0 Å². The van der Waals surface area contributed by atoms with Crippen LogP contribution in [0.5, 0.6) is 0 Å². The summed E-state index contributed by atoms with van der Waals surface area (Å²) >= 11 is 28.8. The molecule has 0 aliphatic heterocycles. The fourth-order valence-electron chi connectivity index (χ4n) is 1.80. The molecule has 0 spiro atoms. The molecule has 1 aromatic rings. The molecule has 24 heavy (non-hydrogen) atoms. The van der Waals surface area contributed by atoms with Crippen molar-refractivity contribution in [3.63, 3.8) is 0 Å². The summed E-state index contributed by atoms with van der Waals surface area (Å²) in [5, 5.41) is 9.20. The third-order valence-electron chi connectivity index (χ3n) is 3.02. The zero-order valence-corrected chi connectivity index (χ0v) is 16.9. The van der Waals surface area contributed by atoms with Crippen LogP contribution in [0.4, 0.5) is 5.69 Å². The summed E-state index contributed by atoms with van der Waals surface area (Å²) in [5.74, 6) is -0.207. The number of hydrogen-bond donors (Lipinski definition) is 3. The van der Waals surface area contributed by atoms with Crippen molar-refractivity contribution in [2.45, 2.75) is 42.6 Å². The Morgan fingerprint density at radius 1 is 1.17 bits per heavy atom. The maximum Gasteiger partial charge on any atom is 0.228 e. The first-order valence-corrected chi connectivity index (χ1v) is 9.33. The van der Waals surface area contributed by atoms with Crippen molar-refractivity contribution in [1.82, 2.24) is 10.6 Å². The SMILES string of the molecule is CCCCCC(=O)N[C@@H](NC(=S)Nc1ccc(Cl)cc1)C(Cl)(Cl)Cl. The van der Waals surface area contributed by atoms with E-state index in [1.54, 1.807) is 24.3 Å². The number of carbonyl (C=O) groups excluding carboxylic acids is 1. The lowest BCUT2D eigenvalue weighted by Gasteiger charge is -2.27. The standard InChI is InChI=1S/C15H19Cl4N3OS/c1-2-3-4-5-12(23)21-13(15(17,18)19)22-14(24)20-11-8-6-10(16)7-9-11/h6-9,13H,2-5H2,1H3,(H,21,23)(H2,20,22,24)/t13-/m0/s1. The Labute approximate surface area is 167 Å². The minimum atomic E-state index is -1.76. The summed E-state index contributed by atoms with van der Waals surface area (Å²) < 4.78 is -1.76. The predicted molar refractivity (Wildman–Crippen MR) is 107 cm³/mol. The first kappa shape index (κ1) is 21.6. The number of benzene rings is 1. The molecule has 1 aromatic carbocycles. The van der Waals surface area contributed by atoms with Gasteiger partial charge in [-0.3, -0.25) is 4.79 Å². The lowest BCUT2D eigenvalue weighted by Crippen LogP contribution is -2.56. The topological polar surface area (TPSA) is 53.2 Å². The van der Waals surface area contributed by atoms with E-state index in [4.69, 9.17) is 58.6 Å². The molecule has 3 N–H and O–H groups in total. The van der Waals surface area contributed by atoms with E-state index >= 15 is 0 Å². The molecule has 0 radical (unpaired) electrons. The summed E-state index contributed by atoms with van der Waals surface area (Å²) in [4.78, 5) is 11.9. The van der Waals surface area contributed by atoms with E-state index in [1.165, 1.54) is 0 Å². The van der Waals surface area contributed by atoms with Crippen molar-refractivity contribution in [3.8, 4) is 0 Å². The van der Waals surface area contributed by atoms with Gasteiger partial charge in [-0.25, -0.2) is 0 Å². The number of carbonyl (C=O) groups is 1. The fourth-order valence-corrected chi connectivity index (χ4v) is 2.49. The zero-order chi connectivity index (χ0) is 18.2. The normalized spacial score (nSPS) is 12.4. The highest BCUT2D eigenvalue weighted by atomic mass is 35.6. The number of thiocarbonyl (C=S) groups is 1. The van der Waals surface area contributed by atoms with Crippen LogP contribution in [0.2, 0.25) is 5.02 Å². The molecule has 1 atom stereocenters. The highest BCUT2D eigenvalue weighted by molar-refractivity contribution is 7.80. The number of hydrogen-bond acceptors (Lipinski definition) is 2. The molecule has 4 nitrogen and oxygen atoms in total. The average molecular weight is 431 g/mol. The fraction of sp³-hybridized carbons (Fsp3) is 0.467. The van der Waals surface area contributed by atoms with Crippen LogP contribution in [0.25, 0.3) is 0 Å². The first-order valence-electron chi connectivity index (χ1n) is 7.41. The van der Waals surface area contributed by atoms with Gasteiger partial charge in [-0.05, 0) is 42.9 Å². The zero-order valence-electron chi connectivity index (χ0n) is 13.0. The monoisotopic (exact) mass is 429 g/mol. The van der Waals surface area contributed by atoms with E-state index in [2.05, 4.69) is 22.9 Å². The molecule has 0 aromatic heterocycles. The first-order chi connectivity index (χ1) is 11.2. The molecule has 1 rings (SSSR count). The molecular formula is C15H19Cl4N3OS. The van der Waals surface area contributed by atoms with E-state index in [-0.39, 0.29) is 11.0 Å². The quantitative estimate of drug-likeness (QED) is 0.246. The number of unbranched alkanes of at least 4 members (excludes halogenated alkanes) is 2. The summed E-state index contributed by atoms with van der Waals surface area (Å²) in [6.45, 7) is 2.06. The molecule has 0 bridgehead atoms. The molecule has 0 unspecified atom stereocenters. The largest absolute Gasteiger partial charge is 0.339 e. The van der Waals surface area contributed by atoms with Gasteiger partial charge in [-0.1, -0.05) is 66.2 Å². The van der Waals surface area contributed by atoms with Crippen molar-refractivity contribution >= 4 is 75.3 Å². The predicted octanol–water partition coefficient (Wildman–Crippen LogP) is 5.02. The Morgan fingerprint density at radius 3 is 2.33 bits per heavy atom. The molecule has 0 fully saturated rings. The summed E-state index contributed by atoms with van der Waals surface area (Å²) in [6, 6.07) is 6.94. The summed E-state index contributed by atoms with van der Waals surface area (Å²) in [5.41, 5.74) is 0.717. The van der Waals surface area contributed by atoms with E-state index in [9.17, 15) is 4.79 Å². The Kier molecular flexibility index (Phi) is 9.45. The van der Waals surface area contributed by atoms with Crippen molar-refractivity contribution in [1.29, 1.82) is 0 Å². The van der Waals surface area contributed by atoms with E-state index in [1.807, 2.05) is 0 Å². The Morgan fingerprint density at radius 2 is 1.79 bits per heavy atom. The van der Waals surface area contributed by atoms with Gasteiger partial charge in [0.15, 0.2) is 5.11 Å². The molecule has 0 aliphatic rings. The van der Waals surface area contributed by atoms with Crippen molar-refractivity contribution in [2.24, 2.45) is 0 Å². The lowest BCUT2D eigenvalue weighted by atomic mass is 10.2. The van der Waals surface area contributed by atoms with E-state index < -0.39 is 9.96 Å². The van der Waals surface area contributed by atoms with Gasteiger partial charge in [0.1, 0.15) is 6.17 Å². The number of rotatable bonds is 7. The number of halogens is 4. The minimum Gasteiger partial charge on any atom is -0.339 e. The van der Waals surface area contributed by atoms with Crippen LogP contribution in [0.15, 0.2) is 24.3 Å². The molecule has 1 amide bonds. The van der Waals surface area contributed by atoms with Crippen molar-refractivity contribution in [2.75, 3.05) is 5.32 Å². The third kappa shape index (κ3) is 8.58. The second kappa shape index (κ2) is 10.5. The second-order valence-electron chi connectivity index (χ2n) is 5.10. The maximum absolute atomic E-state index is 11.9. The minimum absolute atomic E-state index is 0.207. The van der Waals surface area contributed by atoms with Gasteiger partial charge in [0.2, 0.25) is 9.70 Å². The molecule has 0 aliphatic carbocycles. The summed E-state index contributed by atoms with van der Waals surface area (Å²) in [7, 11) is 0.